The molecule has 1 unspecified atom stereocenters. The molecule has 0 saturated carbocycles. The van der Waals surface area contributed by atoms with Crippen LogP contribution in [0.4, 0.5) is 0 Å². The molecule has 1 aromatic carbocycles. The SMILES string of the molecule is COC(C(=O)C1=CCCCCC1)c1ccccc1. The monoisotopic (exact) mass is 244 g/mol. The molecule has 0 spiro atoms. The van der Waals surface area contributed by atoms with Crippen molar-refractivity contribution in [2.24, 2.45) is 0 Å². The van der Waals surface area contributed by atoms with Gasteiger partial charge in [-0.05, 0) is 36.8 Å². The van der Waals surface area contributed by atoms with Gasteiger partial charge in [-0.15, -0.1) is 0 Å². The summed E-state index contributed by atoms with van der Waals surface area (Å²) in [7, 11) is 1.60. The molecule has 0 heterocycles. The number of hydrogen-bond acceptors (Lipinski definition) is 2. The van der Waals surface area contributed by atoms with Crippen molar-refractivity contribution in [1.82, 2.24) is 0 Å². The van der Waals surface area contributed by atoms with Gasteiger partial charge in [0.05, 0.1) is 0 Å². The summed E-state index contributed by atoms with van der Waals surface area (Å²) in [6, 6.07) is 9.73. The number of hydrogen-bond donors (Lipinski definition) is 0. The smallest absolute Gasteiger partial charge is 0.191 e. The number of ether oxygens (including phenoxy) is 1. The average Bonchev–Trinajstić information content (AvgIpc) is 2.69. The van der Waals surface area contributed by atoms with E-state index < -0.39 is 6.10 Å². The first-order valence-corrected chi connectivity index (χ1v) is 6.64. The van der Waals surface area contributed by atoms with Gasteiger partial charge < -0.3 is 4.74 Å². The van der Waals surface area contributed by atoms with Crippen LogP contribution in [0.15, 0.2) is 42.0 Å². The van der Waals surface area contributed by atoms with Crippen LogP contribution in [-0.4, -0.2) is 12.9 Å². The number of methoxy groups -OCH3 is 1. The molecular weight excluding hydrogens is 224 g/mol. The topological polar surface area (TPSA) is 26.3 Å². The summed E-state index contributed by atoms with van der Waals surface area (Å²) in [6.45, 7) is 0. The Kier molecular flexibility index (Phi) is 4.71. The lowest BCUT2D eigenvalue weighted by molar-refractivity contribution is -0.125. The van der Waals surface area contributed by atoms with Gasteiger partial charge in [0.25, 0.3) is 0 Å². The van der Waals surface area contributed by atoms with Crippen molar-refractivity contribution in [2.45, 2.75) is 38.2 Å². The third-order valence-electron chi connectivity index (χ3n) is 3.43. The molecule has 2 heteroatoms. The Morgan fingerprint density at radius 3 is 2.67 bits per heavy atom. The van der Waals surface area contributed by atoms with E-state index in [2.05, 4.69) is 6.08 Å². The lowest BCUT2D eigenvalue weighted by Gasteiger charge is -2.16. The molecule has 1 aliphatic carbocycles. The molecule has 96 valence electrons. The number of carbonyl (C=O) groups is 1. The molecule has 0 saturated heterocycles. The Morgan fingerprint density at radius 2 is 1.94 bits per heavy atom. The second-order valence-electron chi connectivity index (χ2n) is 4.72. The zero-order chi connectivity index (χ0) is 12.8. The van der Waals surface area contributed by atoms with Crippen LogP contribution in [0.2, 0.25) is 0 Å². The minimum Gasteiger partial charge on any atom is -0.369 e. The van der Waals surface area contributed by atoms with Crippen LogP contribution in [0.1, 0.15) is 43.8 Å². The highest BCUT2D eigenvalue weighted by molar-refractivity contribution is 5.99. The molecule has 0 aliphatic heterocycles. The lowest BCUT2D eigenvalue weighted by Crippen LogP contribution is -2.16. The third-order valence-corrected chi connectivity index (χ3v) is 3.43. The van der Waals surface area contributed by atoms with E-state index in [0.29, 0.717) is 0 Å². The minimum atomic E-state index is -0.449. The van der Waals surface area contributed by atoms with Crippen molar-refractivity contribution < 1.29 is 9.53 Å². The first-order valence-electron chi connectivity index (χ1n) is 6.64. The van der Waals surface area contributed by atoms with Gasteiger partial charge in [-0.3, -0.25) is 4.79 Å². The molecular formula is C16H20O2. The quantitative estimate of drug-likeness (QED) is 0.804. The van der Waals surface area contributed by atoms with E-state index in [0.717, 1.165) is 30.4 Å². The van der Waals surface area contributed by atoms with E-state index >= 15 is 0 Å². The highest BCUT2D eigenvalue weighted by atomic mass is 16.5. The van der Waals surface area contributed by atoms with Crippen LogP contribution in [0.3, 0.4) is 0 Å². The largest absolute Gasteiger partial charge is 0.369 e. The van der Waals surface area contributed by atoms with Crippen molar-refractivity contribution >= 4 is 5.78 Å². The zero-order valence-corrected chi connectivity index (χ0v) is 10.9. The Morgan fingerprint density at radius 1 is 1.17 bits per heavy atom. The van der Waals surface area contributed by atoms with Gasteiger partial charge in [0.2, 0.25) is 0 Å². The number of benzene rings is 1. The van der Waals surface area contributed by atoms with Crippen LogP contribution >= 0.6 is 0 Å². The van der Waals surface area contributed by atoms with E-state index in [1.807, 2.05) is 30.3 Å². The third kappa shape index (κ3) is 3.08. The second-order valence-corrected chi connectivity index (χ2v) is 4.72. The molecule has 0 N–H and O–H groups in total. The summed E-state index contributed by atoms with van der Waals surface area (Å²) in [6.07, 6.45) is 7.09. The molecule has 0 amide bonds. The fraction of sp³-hybridized carbons (Fsp3) is 0.438. The van der Waals surface area contributed by atoms with Gasteiger partial charge in [-0.25, -0.2) is 0 Å². The number of allylic oxidation sites excluding steroid dienone is 1. The van der Waals surface area contributed by atoms with E-state index in [1.54, 1.807) is 7.11 Å². The molecule has 0 radical (unpaired) electrons. The van der Waals surface area contributed by atoms with Crippen molar-refractivity contribution in [1.29, 1.82) is 0 Å². The summed E-state index contributed by atoms with van der Waals surface area (Å²) in [5, 5.41) is 0. The fourth-order valence-electron chi connectivity index (χ4n) is 2.43. The highest BCUT2D eigenvalue weighted by Crippen LogP contribution is 2.26. The molecule has 2 nitrogen and oxygen atoms in total. The standard InChI is InChI=1S/C16H20O2/c1-18-16(14-11-7-4-8-12-14)15(17)13-9-5-2-3-6-10-13/h4,7-9,11-12,16H,2-3,5-6,10H2,1H3. The minimum absolute atomic E-state index is 0.130. The van der Waals surface area contributed by atoms with Crippen LogP contribution in [-0.2, 0) is 9.53 Å². The van der Waals surface area contributed by atoms with Crippen molar-refractivity contribution in [3.05, 3.63) is 47.5 Å². The molecule has 1 aromatic rings. The van der Waals surface area contributed by atoms with Gasteiger partial charge in [0.15, 0.2) is 5.78 Å². The normalized spacial score (nSPS) is 17.7. The van der Waals surface area contributed by atoms with Gasteiger partial charge in [0.1, 0.15) is 6.10 Å². The Hall–Kier alpha value is -1.41. The van der Waals surface area contributed by atoms with Gasteiger partial charge in [-0.1, -0.05) is 42.8 Å². The zero-order valence-electron chi connectivity index (χ0n) is 10.9. The lowest BCUT2D eigenvalue weighted by atomic mass is 9.97. The van der Waals surface area contributed by atoms with E-state index in [-0.39, 0.29) is 5.78 Å². The van der Waals surface area contributed by atoms with Gasteiger partial charge in [-0.2, -0.15) is 0 Å². The van der Waals surface area contributed by atoms with Gasteiger partial charge in [0, 0.05) is 7.11 Å². The maximum atomic E-state index is 12.5. The number of rotatable bonds is 4. The molecule has 1 atom stereocenters. The first-order chi connectivity index (χ1) is 8.83. The van der Waals surface area contributed by atoms with Crippen LogP contribution in [0, 0.1) is 0 Å². The first kappa shape index (κ1) is 13.0. The summed E-state index contributed by atoms with van der Waals surface area (Å²) in [4.78, 5) is 12.5. The summed E-state index contributed by atoms with van der Waals surface area (Å²) < 4.78 is 5.40. The number of carbonyl (C=O) groups excluding carboxylic acids is 1. The van der Waals surface area contributed by atoms with E-state index in [9.17, 15) is 4.79 Å². The van der Waals surface area contributed by atoms with Crippen molar-refractivity contribution in [2.75, 3.05) is 7.11 Å². The summed E-state index contributed by atoms with van der Waals surface area (Å²) >= 11 is 0. The van der Waals surface area contributed by atoms with Crippen molar-refractivity contribution in [3.8, 4) is 0 Å². The molecule has 1 aliphatic rings. The molecule has 0 aromatic heterocycles. The van der Waals surface area contributed by atoms with Crippen molar-refractivity contribution in [3.63, 3.8) is 0 Å². The molecule has 0 fully saturated rings. The predicted molar refractivity (Wildman–Crippen MR) is 72.4 cm³/mol. The Balaban J connectivity index is 2.17. The molecule has 2 rings (SSSR count). The highest BCUT2D eigenvalue weighted by Gasteiger charge is 2.23. The number of ketones is 1. The summed E-state index contributed by atoms with van der Waals surface area (Å²) in [5.41, 5.74) is 1.89. The van der Waals surface area contributed by atoms with E-state index in [4.69, 9.17) is 4.74 Å². The predicted octanol–water partition coefficient (Wildman–Crippen LogP) is 3.83. The summed E-state index contributed by atoms with van der Waals surface area (Å²) in [5.74, 6) is 0.130. The Labute approximate surface area is 109 Å². The number of Topliss-reactive ketones (excluding diaryl/α,β-unsaturated/α-hetero) is 1. The van der Waals surface area contributed by atoms with Crippen LogP contribution in [0.25, 0.3) is 0 Å². The average molecular weight is 244 g/mol. The fourth-order valence-corrected chi connectivity index (χ4v) is 2.43. The van der Waals surface area contributed by atoms with E-state index in [1.165, 1.54) is 12.8 Å². The molecule has 18 heavy (non-hydrogen) atoms. The van der Waals surface area contributed by atoms with Crippen LogP contribution in [0.5, 0.6) is 0 Å². The van der Waals surface area contributed by atoms with Crippen LogP contribution < -0.4 is 0 Å². The van der Waals surface area contributed by atoms with Gasteiger partial charge >= 0.3 is 0 Å². The maximum Gasteiger partial charge on any atom is 0.191 e. The Bertz CT molecular complexity index is 420. The second kappa shape index (κ2) is 6.50. The maximum absolute atomic E-state index is 12.5. The molecule has 0 bridgehead atoms.